The maximum absolute atomic E-state index is 3.72. The van der Waals surface area contributed by atoms with Crippen LogP contribution in [0.4, 0.5) is 0 Å². The van der Waals surface area contributed by atoms with Crippen molar-refractivity contribution in [3.05, 3.63) is 6.92 Å². The van der Waals surface area contributed by atoms with Crippen LogP contribution in [0.1, 0.15) is 34.0 Å². The van der Waals surface area contributed by atoms with Gasteiger partial charge in [0.15, 0.2) is 0 Å². The Morgan fingerprint density at radius 3 is 1.78 bits per heavy atom. The van der Waals surface area contributed by atoms with E-state index in [-0.39, 0.29) is 44.6 Å². The molecule has 0 aliphatic rings. The number of unbranched alkanes of at least 4 members (excludes halogenated alkanes) is 3. The van der Waals surface area contributed by atoms with Gasteiger partial charge >= 0.3 is 37.7 Å². The zero-order chi connectivity index (χ0) is 4.83. The van der Waals surface area contributed by atoms with Gasteiger partial charge in [-0.2, -0.15) is 6.42 Å². The Bertz CT molecular complexity index is 27.7. The largest absolute Gasteiger partial charge is 1.00 e. The van der Waals surface area contributed by atoms with Crippen LogP contribution in [0.2, 0.25) is 0 Å². The van der Waals surface area contributed by atoms with Crippen molar-refractivity contribution in [1.29, 1.82) is 0 Å². The zero-order valence-electron chi connectivity index (χ0n) is 8.04. The smallest absolute Gasteiger partial charge is 1.00 e. The Labute approximate surface area is 84.1 Å². The van der Waals surface area contributed by atoms with Crippen molar-refractivity contribution in [2.45, 2.75) is 32.6 Å². The van der Waals surface area contributed by atoms with Gasteiger partial charge in [0.2, 0.25) is 0 Å². The van der Waals surface area contributed by atoms with Crippen LogP contribution in [0.3, 0.4) is 0 Å². The van der Waals surface area contributed by atoms with E-state index in [1.54, 1.807) is 0 Å². The summed E-state index contributed by atoms with van der Waals surface area (Å²) in [7, 11) is 0. The van der Waals surface area contributed by atoms with E-state index in [0.29, 0.717) is 0 Å². The summed E-state index contributed by atoms with van der Waals surface area (Å²) in [6.07, 6.45) is 5.07. The Hall–Kier alpha value is 1.15. The van der Waals surface area contributed by atoms with Gasteiger partial charge in [-0.05, 0) is 0 Å². The van der Waals surface area contributed by atoms with Crippen LogP contribution in [-0.4, -0.2) is 5.48 Å². The van der Waals surface area contributed by atoms with Gasteiger partial charge in [0, 0.05) is 0 Å². The molecule has 0 saturated heterocycles. The maximum Gasteiger partial charge on any atom is 1.00 e. The molecule has 3 heteroatoms. The van der Waals surface area contributed by atoms with Gasteiger partial charge in [0.1, 0.15) is 0 Å². The molecule has 0 aliphatic heterocycles. The summed E-state index contributed by atoms with van der Waals surface area (Å²) in [6.45, 7) is 5.93. The molecule has 0 spiro atoms. The molecular formula is C6H16Li2O. The summed E-state index contributed by atoms with van der Waals surface area (Å²) in [5.41, 5.74) is 0. The first kappa shape index (κ1) is 22.5. The van der Waals surface area contributed by atoms with E-state index < -0.39 is 0 Å². The normalized spacial score (nSPS) is 6.00. The molecule has 0 aromatic rings. The Balaban J connectivity index is -0.0000000208. The summed E-state index contributed by atoms with van der Waals surface area (Å²) in [6, 6.07) is 0. The van der Waals surface area contributed by atoms with Crippen LogP contribution in [0, 0.1) is 6.92 Å². The molecule has 0 amide bonds. The molecule has 0 aliphatic carbocycles. The predicted octanol–water partition coefficient (Wildman–Crippen LogP) is -4.30. The second-order valence-corrected chi connectivity index (χ2v) is 1.56. The fourth-order valence-electron chi connectivity index (χ4n) is 0.427. The summed E-state index contributed by atoms with van der Waals surface area (Å²) in [5, 5.41) is 0. The zero-order valence-corrected chi connectivity index (χ0v) is 7.04. The van der Waals surface area contributed by atoms with Crippen molar-refractivity contribution < 1.29 is 44.6 Å². The minimum atomic E-state index is 0. The van der Waals surface area contributed by atoms with Crippen molar-refractivity contribution in [3.8, 4) is 0 Å². The molecule has 1 nitrogen and oxygen atoms in total. The molecule has 0 aromatic heterocycles. The molecule has 0 heterocycles. The number of rotatable bonds is 3. The van der Waals surface area contributed by atoms with Crippen molar-refractivity contribution in [1.82, 2.24) is 0 Å². The third-order valence-corrected chi connectivity index (χ3v) is 0.854. The fourth-order valence-corrected chi connectivity index (χ4v) is 0.427. The minimum absolute atomic E-state index is 0. The van der Waals surface area contributed by atoms with Crippen LogP contribution in [0.15, 0.2) is 0 Å². The summed E-state index contributed by atoms with van der Waals surface area (Å²) >= 11 is 0. The monoisotopic (exact) mass is 118 g/mol. The first-order valence-electron chi connectivity index (χ1n) is 2.71. The fraction of sp³-hybridized carbons (Fsp3) is 0.833. The standard InChI is InChI=1S/C6H13.2Li.H2O.H/c1-3-5-6-4-2;;;;/h1,3-6H2,2H3;;;1H2;/q-1;2*+1;;-1. The quantitative estimate of drug-likeness (QED) is 0.204. The van der Waals surface area contributed by atoms with Gasteiger partial charge in [-0.3, -0.25) is 0 Å². The average Bonchev–Trinajstić information content (AvgIpc) is 1.61. The number of hydrogen-bond donors (Lipinski definition) is 0. The van der Waals surface area contributed by atoms with Crippen LogP contribution >= 0.6 is 0 Å². The summed E-state index contributed by atoms with van der Waals surface area (Å²) in [5.74, 6) is 0. The first-order chi connectivity index (χ1) is 2.91. The van der Waals surface area contributed by atoms with Crippen molar-refractivity contribution in [2.75, 3.05) is 0 Å². The van der Waals surface area contributed by atoms with E-state index in [4.69, 9.17) is 0 Å². The Kier molecular flexibility index (Phi) is 57.2. The second kappa shape index (κ2) is 22.9. The van der Waals surface area contributed by atoms with Crippen molar-refractivity contribution in [2.24, 2.45) is 0 Å². The van der Waals surface area contributed by atoms with Crippen LogP contribution in [0.25, 0.3) is 0 Å². The van der Waals surface area contributed by atoms with E-state index in [1.807, 2.05) is 0 Å². The van der Waals surface area contributed by atoms with Crippen molar-refractivity contribution in [3.63, 3.8) is 0 Å². The molecule has 0 saturated carbocycles. The van der Waals surface area contributed by atoms with Crippen LogP contribution in [-0.2, 0) is 0 Å². The number of hydrogen-bond acceptors (Lipinski definition) is 0. The first-order valence-corrected chi connectivity index (χ1v) is 2.71. The molecular weight excluding hydrogens is 102 g/mol. The minimum Gasteiger partial charge on any atom is -1.00 e. The molecule has 9 heavy (non-hydrogen) atoms. The van der Waals surface area contributed by atoms with E-state index >= 15 is 0 Å². The van der Waals surface area contributed by atoms with Crippen LogP contribution in [0.5, 0.6) is 0 Å². The molecule has 0 atom stereocenters. The second-order valence-electron chi connectivity index (χ2n) is 1.56. The van der Waals surface area contributed by atoms with E-state index in [1.165, 1.54) is 19.3 Å². The summed E-state index contributed by atoms with van der Waals surface area (Å²) < 4.78 is 0. The third-order valence-electron chi connectivity index (χ3n) is 0.854. The van der Waals surface area contributed by atoms with Gasteiger partial charge in [-0.25, -0.2) is 0 Å². The van der Waals surface area contributed by atoms with Gasteiger partial charge in [-0.15, -0.1) is 0 Å². The van der Waals surface area contributed by atoms with Gasteiger partial charge < -0.3 is 13.8 Å². The SMILES string of the molecule is O.[CH2-]CCCCC.[H-].[Li+].[Li+]. The molecule has 0 unspecified atom stereocenters. The molecule has 0 aromatic carbocycles. The third kappa shape index (κ3) is 27.1. The molecule has 0 fully saturated rings. The van der Waals surface area contributed by atoms with Crippen LogP contribution < -0.4 is 37.7 Å². The molecule has 48 valence electrons. The molecule has 0 radical (unpaired) electrons. The van der Waals surface area contributed by atoms with Gasteiger partial charge in [0.05, 0.1) is 0 Å². The Morgan fingerprint density at radius 1 is 1.22 bits per heavy atom. The molecule has 0 rings (SSSR count). The van der Waals surface area contributed by atoms with E-state index in [2.05, 4.69) is 13.8 Å². The molecule has 0 bridgehead atoms. The van der Waals surface area contributed by atoms with E-state index in [9.17, 15) is 0 Å². The van der Waals surface area contributed by atoms with Crippen molar-refractivity contribution >= 4 is 0 Å². The average molecular weight is 118 g/mol. The van der Waals surface area contributed by atoms with Gasteiger partial charge in [-0.1, -0.05) is 26.2 Å². The Morgan fingerprint density at radius 2 is 1.67 bits per heavy atom. The topological polar surface area (TPSA) is 31.5 Å². The van der Waals surface area contributed by atoms with E-state index in [0.717, 1.165) is 6.42 Å². The summed E-state index contributed by atoms with van der Waals surface area (Å²) in [4.78, 5) is 0. The molecule has 2 N–H and O–H groups in total. The maximum atomic E-state index is 3.72. The predicted molar refractivity (Wildman–Crippen MR) is 34.2 cm³/mol. The van der Waals surface area contributed by atoms with Gasteiger partial charge in [0.25, 0.3) is 0 Å².